The number of ether oxygens (including phenoxy) is 1. The highest BCUT2D eigenvalue weighted by molar-refractivity contribution is 5.84. The topological polar surface area (TPSA) is 75.6 Å². The number of fused-ring (bicyclic) bond motifs is 3. The Labute approximate surface area is 173 Å². The molecule has 2 aliphatic carbocycles. The molecule has 5 nitrogen and oxygen atoms in total. The summed E-state index contributed by atoms with van der Waals surface area (Å²) in [5, 5.41) is 11.9. The standard InChI is InChI=1S/C23H23F2NO4/c1-22(20(27)28,10-14-11-23(24,25)12-14)26-21(29)30-13-19-17-8-4-2-6-15(17)16-7-3-5-9-18(16)19/h2-9,14,19H,10-13H2,1H3,(H,26,29)(H,27,28). The van der Waals surface area contributed by atoms with Gasteiger partial charge in [0.15, 0.2) is 0 Å². The van der Waals surface area contributed by atoms with Crippen molar-refractivity contribution in [3.05, 3.63) is 59.7 Å². The number of halogens is 2. The van der Waals surface area contributed by atoms with Crippen LogP contribution in [0.1, 0.15) is 43.2 Å². The van der Waals surface area contributed by atoms with Crippen LogP contribution in [0.4, 0.5) is 13.6 Å². The fraction of sp³-hybridized carbons (Fsp3) is 0.391. The lowest BCUT2D eigenvalue weighted by atomic mass is 9.74. The number of hydrogen-bond acceptors (Lipinski definition) is 3. The summed E-state index contributed by atoms with van der Waals surface area (Å²) >= 11 is 0. The van der Waals surface area contributed by atoms with Gasteiger partial charge in [-0.25, -0.2) is 18.4 Å². The molecule has 0 aliphatic heterocycles. The first-order chi connectivity index (χ1) is 14.2. The number of carbonyl (C=O) groups is 2. The van der Waals surface area contributed by atoms with Crippen molar-refractivity contribution in [2.24, 2.45) is 5.92 Å². The van der Waals surface area contributed by atoms with Gasteiger partial charge in [-0.2, -0.15) is 0 Å². The lowest BCUT2D eigenvalue weighted by Crippen LogP contribution is -2.55. The van der Waals surface area contributed by atoms with Gasteiger partial charge in [-0.15, -0.1) is 0 Å². The van der Waals surface area contributed by atoms with Gasteiger partial charge in [-0.1, -0.05) is 48.5 Å². The fourth-order valence-corrected chi connectivity index (χ4v) is 4.56. The number of benzene rings is 2. The van der Waals surface area contributed by atoms with E-state index in [0.717, 1.165) is 22.3 Å². The van der Waals surface area contributed by atoms with Crippen molar-refractivity contribution >= 4 is 12.1 Å². The van der Waals surface area contributed by atoms with Gasteiger partial charge >= 0.3 is 12.1 Å². The van der Waals surface area contributed by atoms with Crippen molar-refractivity contribution in [2.45, 2.75) is 43.6 Å². The van der Waals surface area contributed by atoms with Crippen LogP contribution >= 0.6 is 0 Å². The molecule has 30 heavy (non-hydrogen) atoms. The molecule has 1 unspecified atom stereocenters. The van der Waals surface area contributed by atoms with E-state index in [1.165, 1.54) is 6.92 Å². The maximum absolute atomic E-state index is 13.1. The van der Waals surface area contributed by atoms with Gasteiger partial charge in [0.1, 0.15) is 12.1 Å². The van der Waals surface area contributed by atoms with E-state index < -0.39 is 29.4 Å². The molecule has 2 aromatic carbocycles. The summed E-state index contributed by atoms with van der Waals surface area (Å²) in [6.07, 6.45) is -1.65. The number of alkyl carbamates (subject to hydrolysis) is 1. The molecule has 0 saturated heterocycles. The van der Waals surface area contributed by atoms with Crippen LogP contribution in [0.5, 0.6) is 0 Å². The van der Waals surface area contributed by atoms with Crippen LogP contribution in [0, 0.1) is 5.92 Å². The van der Waals surface area contributed by atoms with Gasteiger partial charge < -0.3 is 15.2 Å². The molecule has 0 aromatic heterocycles. The van der Waals surface area contributed by atoms with Crippen molar-refractivity contribution in [2.75, 3.05) is 6.61 Å². The second-order valence-electron chi connectivity index (χ2n) is 8.42. The second kappa shape index (κ2) is 7.38. The van der Waals surface area contributed by atoms with Gasteiger partial charge in [0.2, 0.25) is 5.92 Å². The summed E-state index contributed by atoms with van der Waals surface area (Å²) in [4.78, 5) is 24.1. The third kappa shape index (κ3) is 3.76. The normalized spacial score (nSPS) is 19.2. The quantitative estimate of drug-likeness (QED) is 0.710. The number of carboxylic acids is 1. The molecule has 0 spiro atoms. The Morgan fingerprint density at radius 1 is 1.10 bits per heavy atom. The average molecular weight is 415 g/mol. The van der Waals surface area contributed by atoms with Gasteiger partial charge in [0.25, 0.3) is 0 Å². The number of carboxylic acid groups (broad SMARTS) is 1. The Morgan fingerprint density at radius 2 is 1.63 bits per heavy atom. The molecule has 2 N–H and O–H groups in total. The van der Waals surface area contributed by atoms with Crippen LogP contribution in [0.3, 0.4) is 0 Å². The first kappa shape index (κ1) is 20.3. The molecule has 0 radical (unpaired) electrons. The van der Waals surface area contributed by atoms with Crippen molar-refractivity contribution in [1.29, 1.82) is 0 Å². The van der Waals surface area contributed by atoms with Gasteiger partial charge in [0, 0.05) is 18.8 Å². The van der Waals surface area contributed by atoms with Gasteiger partial charge in [-0.05, 0) is 41.5 Å². The molecule has 0 bridgehead atoms. The molecular weight excluding hydrogens is 392 g/mol. The number of amides is 1. The smallest absolute Gasteiger partial charge is 0.408 e. The number of hydrogen-bond donors (Lipinski definition) is 2. The highest BCUT2D eigenvalue weighted by Gasteiger charge is 2.49. The SMILES string of the molecule is CC(CC1CC(F)(F)C1)(NC(=O)OCC1c2ccccc2-c2ccccc21)C(=O)O. The molecule has 2 aromatic rings. The minimum Gasteiger partial charge on any atom is -0.480 e. The molecule has 4 rings (SSSR count). The largest absolute Gasteiger partial charge is 0.480 e. The summed E-state index contributed by atoms with van der Waals surface area (Å²) < 4.78 is 31.6. The molecule has 1 atom stereocenters. The molecule has 1 amide bonds. The maximum atomic E-state index is 13.1. The molecule has 158 valence electrons. The van der Waals surface area contributed by atoms with E-state index >= 15 is 0 Å². The Kier molecular flexibility index (Phi) is 5.00. The van der Waals surface area contributed by atoms with Crippen molar-refractivity contribution < 1.29 is 28.2 Å². The number of carbonyl (C=O) groups excluding carboxylic acids is 1. The van der Waals surface area contributed by atoms with Crippen LogP contribution in [0.25, 0.3) is 11.1 Å². The minimum atomic E-state index is -2.74. The molecule has 2 aliphatic rings. The van der Waals surface area contributed by atoms with Crippen molar-refractivity contribution in [1.82, 2.24) is 5.32 Å². The summed E-state index contributed by atoms with van der Waals surface area (Å²) in [7, 11) is 0. The molecular formula is C23H23F2NO4. The molecule has 7 heteroatoms. The maximum Gasteiger partial charge on any atom is 0.408 e. The highest BCUT2D eigenvalue weighted by atomic mass is 19.3. The Balaban J connectivity index is 1.42. The van der Waals surface area contributed by atoms with E-state index in [1.54, 1.807) is 0 Å². The summed E-state index contributed by atoms with van der Waals surface area (Å²) in [6, 6.07) is 15.8. The number of nitrogens with one attached hydrogen (secondary N) is 1. The number of rotatable bonds is 6. The van der Waals surface area contributed by atoms with Gasteiger partial charge in [0.05, 0.1) is 0 Å². The third-order valence-corrected chi connectivity index (χ3v) is 6.07. The summed E-state index contributed by atoms with van der Waals surface area (Å²) in [6.45, 7) is 1.38. The molecule has 1 saturated carbocycles. The van der Waals surface area contributed by atoms with E-state index in [4.69, 9.17) is 4.74 Å². The highest BCUT2D eigenvalue weighted by Crippen LogP contribution is 2.46. The van der Waals surface area contributed by atoms with E-state index in [0.29, 0.717) is 0 Å². The van der Waals surface area contributed by atoms with Crippen molar-refractivity contribution in [3.63, 3.8) is 0 Å². The van der Waals surface area contributed by atoms with Gasteiger partial charge in [-0.3, -0.25) is 0 Å². The van der Waals surface area contributed by atoms with E-state index in [9.17, 15) is 23.5 Å². The zero-order valence-corrected chi connectivity index (χ0v) is 16.5. The second-order valence-corrected chi connectivity index (χ2v) is 8.42. The van der Waals surface area contributed by atoms with Crippen LogP contribution < -0.4 is 5.32 Å². The number of aliphatic carboxylic acids is 1. The van der Waals surface area contributed by atoms with Crippen LogP contribution in [-0.4, -0.2) is 35.2 Å². The zero-order chi connectivity index (χ0) is 21.5. The third-order valence-electron chi connectivity index (χ3n) is 6.07. The van der Waals surface area contributed by atoms with Crippen LogP contribution in [-0.2, 0) is 9.53 Å². The fourth-order valence-electron chi connectivity index (χ4n) is 4.56. The lowest BCUT2D eigenvalue weighted by Gasteiger charge is -2.39. The summed E-state index contributed by atoms with van der Waals surface area (Å²) in [5.41, 5.74) is 2.60. The van der Waals surface area contributed by atoms with E-state index in [2.05, 4.69) is 5.32 Å². The lowest BCUT2D eigenvalue weighted by molar-refractivity contribution is -0.150. The monoisotopic (exact) mass is 415 g/mol. The number of alkyl halides is 2. The van der Waals surface area contributed by atoms with E-state index in [-0.39, 0.29) is 31.8 Å². The predicted octanol–water partition coefficient (Wildman–Crippen LogP) is 4.80. The Hall–Kier alpha value is -2.96. The van der Waals surface area contributed by atoms with Crippen LogP contribution in [0.2, 0.25) is 0 Å². The van der Waals surface area contributed by atoms with E-state index in [1.807, 2.05) is 48.5 Å². The first-order valence-electron chi connectivity index (χ1n) is 9.93. The Morgan fingerprint density at radius 3 is 2.13 bits per heavy atom. The molecule has 1 fully saturated rings. The minimum absolute atomic E-state index is 0.0526. The average Bonchev–Trinajstić information content (AvgIpc) is 2.99. The summed E-state index contributed by atoms with van der Waals surface area (Å²) in [5.74, 6) is -4.61. The van der Waals surface area contributed by atoms with Crippen molar-refractivity contribution in [3.8, 4) is 11.1 Å². The predicted molar refractivity (Wildman–Crippen MR) is 107 cm³/mol. The first-order valence-corrected chi connectivity index (χ1v) is 9.93. The van der Waals surface area contributed by atoms with Crippen LogP contribution in [0.15, 0.2) is 48.5 Å². The zero-order valence-electron chi connectivity index (χ0n) is 16.5. The molecule has 0 heterocycles. The Bertz CT molecular complexity index is 939.